The number of nitrogens with zero attached hydrogens (tertiary/aromatic N) is 4. The van der Waals surface area contributed by atoms with E-state index in [0.717, 1.165) is 12.1 Å². The SMILES string of the molecule is Cc1ccc(C(=O)NCc2nnc(SCc3cccc(C(F)(F)F)c3)n2-c2cccc(Cl)c2)cc1[N+](=O)[O-]. The minimum absolute atomic E-state index is 0.0792. The van der Waals surface area contributed by atoms with Gasteiger partial charge in [0.1, 0.15) is 0 Å². The lowest BCUT2D eigenvalue weighted by atomic mass is 10.1. The Bertz CT molecular complexity index is 1510. The zero-order valence-electron chi connectivity index (χ0n) is 19.7. The lowest BCUT2D eigenvalue weighted by molar-refractivity contribution is -0.385. The molecule has 0 saturated heterocycles. The number of nitro groups is 1. The summed E-state index contributed by atoms with van der Waals surface area (Å²) >= 11 is 7.34. The molecule has 0 spiro atoms. The fourth-order valence-electron chi connectivity index (χ4n) is 3.58. The van der Waals surface area contributed by atoms with E-state index >= 15 is 0 Å². The zero-order valence-corrected chi connectivity index (χ0v) is 21.3. The second kappa shape index (κ2) is 11.2. The summed E-state index contributed by atoms with van der Waals surface area (Å²) in [5.41, 5.74) is 0.648. The number of aryl methyl sites for hydroxylation is 1. The number of thioether (sulfide) groups is 1. The summed E-state index contributed by atoms with van der Waals surface area (Å²) < 4.78 is 40.9. The molecular formula is C25H19ClF3N5O3S. The van der Waals surface area contributed by atoms with Crippen LogP contribution in [0.25, 0.3) is 5.69 Å². The third-order valence-corrected chi connectivity index (χ3v) is 6.70. The Hall–Kier alpha value is -3.90. The molecule has 0 bridgehead atoms. The van der Waals surface area contributed by atoms with Crippen molar-refractivity contribution in [3.63, 3.8) is 0 Å². The molecule has 0 aliphatic rings. The maximum Gasteiger partial charge on any atom is 0.416 e. The molecule has 4 rings (SSSR count). The number of carbonyl (C=O) groups excluding carboxylic acids is 1. The van der Waals surface area contributed by atoms with Gasteiger partial charge in [-0.2, -0.15) is 13.2 Å². The molecule has 0 atom stereocenters. The van der Waals surface area contributed by atoms with Crippen molar-refractivity contribution >= 4 is 35.0 Å². The van der Waals surface area contributed by atoms with Crippen LogP contribution in [0.1, 0.15) is 32.9 Å². The Morgan fingerprint density at radius 2 is 1.87 bits per heavy atom. The summed E-state index contributed by atoms with van der Waals surface area (Å²) in [6.45, 7) is 1.50. The first-order valence-electron chi connectivity index (χ1n) is 11.1. The molecule has 1 amide bonds. The van der Waals surface area contributed by atoms with Crippen LogP contribution in [-0.2, 0) is 18.5 Å². The standard InChI is InChI=1S/C25H19ClF3N5O3S/c1-15-8-9-17(11-21(15)34(36)37)23(35)30-13-22-31-32-24(33(22)20-7-3-6-19(26)12-20)38-14-16-4-2-5-18(10-16)25(27,28)29/h2-12H,13-14H2,1H3,(H,30,35). The van der Waals surface area contributed by atoms with Crippen molar-refractivity contribution in [2.24, 2.45) is 0 Å². The lowest BCUT2D eigenvalue weighted by Gasteiger charge is -2.12. The molecule has 1 heterocycles. The first-order chi connectivity index (χ1) is 18.0. The Kier molecular flexibility index (Phi) is 8.02. The minimum atomic E-state index is -4.45. The third-order valence-electron chi connectivity index (χ3n) is 5.46. The second-order valence-electron chi connectivity index (χ2n) is 8.14. The van der Waals surface area contributed by atoms with E-state index in [9.17, 15) is 28.1 Å². The maximum atomic E-state index is 13.1. The average Bonchev–Trinajstić information content (AvgIpc) is 3.28. The van der Waals surface area contributed by atoms with Crippen molar-refractivity contribution in [1.29, 1.82) is 0 Å². The van der Waals surface area contributed by atoms with E-state index in [1.807, 2.05) is 0 Å². The summed E-state index contributed by atoms with van der Waals surface area (Å²) in [5, 5.41) is 23.1. The number of amides is 1. The zero-order chi connectivity index (χ0) is 27.4. The van der Waals surface area contributed by atoms with E-state index in [4.69, 9.17) is 11.6 Å². The molecule has 0 saturated carbocycles. The number of rotatable bonds is 8. The quantitative estimate of drug-likeness (QED) is 0.152. The van der Waals surface area contributed by atoms with E-state index in [-0.39, 0.29) is 23.5 Å². The predicted octanol–water partition coefficient (Wildman–Crippen LogP) is 6.38. The number of alkyl halides is 3. The number of halogens is 4. The molecule has 1 aromatic heterocycles. The van der Waals surface area contributed by atoms with E-state index in [1.165, 1.54) is 36.0 Å². The molecule has 13 heteroatoms. The molecule has 8 nitrogen and oxygen atoms in total. The van der Waals surface area contributed by atoms with Gasteiger partial charge in [0.2, 0.25) is 0 Å². The van der Waals surface area contributed by atoms with Crippen molar-refractivity contribution in [1.82, 2.24) is 20.1 Å². The largest absolute Gasteiger partial charge is 0.416 e. The van der Waals surface area contributed by atoms with Gasteiger partial charge in [0.05, 0.1) is 22.7 Å². The van der Waals surface area contributed by atoms with Gasteiger partial charge in [-0.1, -0.05) is 53.7 Å². The smallest absolute Gasteiger partial charge is 0.345 e. The fourth-order valence-corrected chi connectivity index (χ4v) is 4.68. The van der Waals surface area contributed by atoms with Gasteiger partial charge in [-0.05, 0) is 42.8 Å². The third kappa shape index (κ3) is 6.32. The Morgan fingerprint density at radius 3 is 2.58 bits per heavy atom. The molecule has 196 valence electrons. The molecule has 0 aliphatic carbocycles. The molecule has 0 unspecified atom stereocenters. The van der Waals surface area contributed by atoms with Crippen LogP contribution in [0.2, 0.25) is 5.02 Å². The molecule has 3 aromatic carbocycles. The summed E-state index contributed by atoms with van der Waals surface area (Å²) in [7, 11) is 0. The van der Waals surface area contributed by atoms with Crippen LogP contribution in [0, 0.1) is 17.0 Å². The van der Waals surface area contributed by atoms with Gasteiger partial charge in [0.25, 0.3) is 11.6 Å². The number of hydrogen-bond donors (Lipinski definition) is 1. The highest BCUT2D eigenvalue weighted by atomic mass is 35.5. The van der Waals surface area contributed by atoms with Crippen LogP contribution in [0.4, 0.5) is 18.9 Å². The normalized spacial score (nSPS) is 11.4. The Morgan fingerprint density at radius 1 is 1.11 bits per heavy atom. The summed E-state index contributed by atoms with van der Waals surface area (Å²) in [6, 6.07) is 16.0. The highest BCUT2D eigenvalue weighted by Crippen LogP contribution is 2.32. The van der Waals surface area contributed by atoms with Crippen LogP contribution in [0.5, 0.6) is 0 Å². The molecule has 0 aliphatic heterocycles. The van der Waals surface area contributed by atoms with Crippen LogP contribution in [0.15, 0.2) is 71.9 Å². The van der Waals surface area contributed by atoms with Crippen molar-refractivity contribution in [3.8, 4) is 5.69 Å². The Labute approximate surface area is 224 Å². The second-order valence-corrected chi connectivity index (χ2v) is 9.52. The number of aromatic nitrogens is 3. The predicted molar refractivity (Wildman–Crippen MR) is 136 cm³/mol. The van der Waals surface area contributed by atoms with E-state index < -0.39 is 22.6 Å². The van der Waals surface area contributed by atoms with Crippen LogP contribution in [-0.4, -0.2) is 25.6 Å². The summed E-state index contributed by atoms with van der Waals surface area (Å²) in [4.78, 5) is 23.4. The molecule has 0 fully saturated rings. The number of nitro benzene ring substituents is 1. The number of benzene rings is 3. The van der Waals surface area contributed by atoms with Crippen molar-refractivity contribution in [2.45, 2.75) is 30.6 Å². The van der Waals surface area contributed by atoms with Crippen LogP contribution >= 0.6 is 23.4 Å². The number of hydrogen-bond acceptors (Lipinski definition) is 6. The van der Waals surface area contributed by atoms with Gasteiger partial charge in [-0.25, -0.2) is 0 Å². The van der Waals surface area contributed by atoms with E-state index in [1.54, 1.807) is 41.8 Å². The fraction of sp³-hybridized carbons (Fsp3) is 0.160. The van der Waals surface area contributed by atoms with Gasteiger partial charge in [0, 0.05) is 28.0 Å². The monoisotopic (exact) mass is 561 g/mol. The summed E-state index contributed by atoms with van der Waals surface area (Å²) in [5.74, 6) is -0.0390. The highest BCUT2D eigenvalue weighted by molar-refractivity contribution is 7.98. The van der Waals surface area contributed by atoms with Gasteiger partial charge in [-0.3, -0.25) is 19.5 Å². The lowest BCUT2D eigenvalue weighted by Crippen LogP contribution is -2.24. The average molecular weight is 562 g/mol. The molecule has 38 heavy (non-hydrogen) atoms. The van der Waals surface area contributed by atoms with E-state index in [0.29, 0.717) is 32.8 Å². The van der Waals surface area contributed by atoms with Crippen molar-refractivity contribution in [2.75, 3.05) is 0 Å². The van der Waals surface area contributed by atoms with E-state index in [2.05, 4.69) is 15.5 Å². The maximum absolute atomic E-state index is 13.1. The number of nitrogens with one attached hydrogen (secondary N) is 1. The van der Waals surface area contributed by atoms with Crippen molar-refractivity contribution < 1.29 is 22.9 Å². The first kappa shape index (κ1) is 27.1. The van der Waals surface area contributed by atoms with Gasteiger partial charge in [0.15, 0.2) is 11.0 Å². The molecule has 4 aromatic rings. The van der Waals surface area contributed by atoms with Gasteiger partial charge < -0.3 is 5.32 Å². The topological polar surface area (TPSA) is 103 Å². The van der Waals surface area contributed by atoms with Crippen LogP contribution < -0.4 is 5.32 Å². The van der Waals surface area contributed by atoms with Gasteiger partial charge in [-0.15, -0.1) is 10.2 Å². The minimum Gasteiger partial charge on any atom is -0.345 e. The molecular weight excluding hydrogens is 543 g/mol. The first-order valence-corrected chi connectivity index (χ1v) is 12.4. The van der Waals surface area contributed by atoms with Crippen LogP contribution in [0.3, 0.4) is 0 Å². The molecule has 0 radical (unpaired) electrons. The number of carbonyl (C=O) groups is 1. The molecule has 1 N–H and O–H groups in total. The summed E-state index contributed by atoms with van der Waals surface area (Å²) in [6.07, 6.45) is -4.45. The van der Waals surface area contributed by atoms with Gasteiger partial charge >= 0.3 is 6.18 Å². The highest BCUT2D eigenvalue weighted by Gasteiger charge is 2.30. The Balaban J connectivity index is 1.58. The van der Waals surface area contributed by atoms with Crippen molar-refractivity contribution in [3.05, 3.63) is 110 Å².